The molecule has 0 saturated carbocycles. The van der Waals surface area contributed by atoms with Gasteiger partial charge in [0.05, 0.1) is 5.92 Å². The van der Waals surface area contributed by atoms with Crippen LogP contribution in [0.4, 0.5) is 0 Å². The fourth-order valence-corrected chi connectivity index (χ4v) is 2.53. The zero-order valence-corrected chi connectivity index (χ0v) is 12.8. The third-order valence-electron chi connectivity index (χ3n) is 3.95. The zero-order chi connectivity index (χ0) is 14.6. The van der Waals surface area contributed by atoms with Gasteiger partial charge in [-0.15, -0.1) is 0 Å². The topological polar surface area (TPSA) is 41.1 Å². The summed E-state index contributed by atoms with van der Waals surface area (Å²) in [5.74, 6) is 0.315. The molecule has 2 N–H and O–H groups in total. The minimum atomic E-state index is 0.137. The Bertz CT molecular complexity index is 439. The fraction of sp³-hybridized carbons (Fsp3) is 0.588. The highest BCUT2D eigenvalue weighted by Gasteiger charge is 2.20. The van der Waals surface area contributed by atoms with Gasteiger partial charge in [-0.1, -0.05) is 45.0 Å². The highest BCUT2D eigenvalue weighted by Crippen LogP contribution is 2.22. The van der Waals surface area contributed by atoms with Crippen molar-refractivity contribution in [3.63, 3.8) is 0 Å². The minimum absolute atomic E-state index is 0.137. The molecule has 2 rings (SSSR count). The first-order valence-corrected chi connectivity index (χ1v) is 7.54. The van der Waals surface area contributed by atoms with Crippen molar-refractivity contribution in [2.24, 2.45) is 5.92 Å². The molecule has 1 saturated heterocycles. The van der Waals surface area contributed by atoms with Crippen LogP contribution in [0, 0.1) is 5.92 Å². The van der Waals surface area contributed by atoms with Crippen LogP contribution in [0.1, 0.15) is 44.7 Å². The van der Waals surface area contributed by atoms with Crippen LogP contribution in [0.25, 0.3) is 0 Å². The summed E-state index contributed by atoms with van der Waals surface area (Å²) in [6.45, 7) is 9.10. The average Bonchev–Trinajstić information content (AvgIpc) is 2.45. The van der Waals surface area contributed by atoms with E-state index >= 15 is 0 Å². The van der Waals surface area contributed by atoms with E-state index in [1.807, 2.05) is 0 Å². The van der Waals surface area contributed by atoms with Crippen LogP contribution in [0.5, 0.6) is 0 Å². The van der Waals surface area contributed by atoms with Crippen LogP contribution >= 0.6 is 0 Å². The van der Waals surface area contributed by atoms with Crippen molar-refractivity contribution in [3.8, 4) is 0 Å². The molecule has 3 heteroatoms. The number of carbonyl (C=O) groups is 1. The summed E-state index contributed by atoms with van der Waals surface area (Å²) in [7, 11) is 0. The number of carbonyl (C=O) groups excluding carboxylic acids is 1. The lowest BCUT2D eigenvalue weighted by molar-refractivity contribution is -0.125. The summed E-state index contributed by atoms with van der Waals surface area (Å²) in [6, 6.07) is 8.53. The van der Waals surface area contributed by atoms with E-state index in [0.717, 1.165) is 31.5 Å². The van der Waals surface area contributed by atoms with E-state index in [0.29, 0.717) is 6.54 Å². The molecule has 1 fully saturated rings. The Hall–Kier alpha value is -1.35. The summed E-state index contributed by atoms with van der Waals surface area (Å²) in [5, 5.41) is 6.33. The summed E-state index contributed by atoms with van der Waals surface area (Å²) in [4.78, 5) is 12.0. The minimum Gasteiger partial charge on any atom is -0.352 e. The van der Waals surface area contributed by atoms with Crippen molar-refractivity contribution in [1.29, 1.82) is 0 Å². The maximum Gasteiger partial charge on any atom is 0.224 e. The van der Waals surface area contributed by atoms with Gasteiger partial charge in [-0.05, 0) is 35.9 Å². The molecular weight excluding hydrogens is 248 g/mol. The van der Waals surface area contributed by atoms with Gasteiger partial charge in [-0.3, -0.25) is 4.79 Å². The first-order valence-electron chi connectivity index (χ1n) is 7.54. The smallest absolute Gasteiger partial charge is 0.224 e. The highest BCUT2D eigenvalue weighted by molar-refractivity contribution is 5.78. The molecule has 1 unspecified atom stereocenters. The molecule has 1 aliphatic heterocycles. The first-order chi connectivity index (χ1) is 9.47. The second kappa shape index (κ2) is 6.40. The number of benzene rings is 1. The van der Waals surface area contributed by atoms with Gasteiger partial charge in [0, 0.05) is 13.1 Å². The molecule has 0 bridgehead atoms. The lowest BCUT2D eigenvalue weighted by Crippen LogP contribution is -2.40. The number of nitrogens with one attached hydrogen (secondary N) is 2. The van der Waals surface area contributed by atoms with E-state index in [1.54, 1.807) is 0 Å². The van der Waals surface area contributed by atoms with Gasteiger partial charge in [-0.25, -0.2) is 0 Å². The van der Waals surface area contributed by atoms with Gasteiger partial charge in [-0.2, -0.15) is 0 Å². The van der Waals surface area contributed by atoms with Crippen molar-refractivity contribution < 1.29 is 4.79 Å². The van der Waals surface area contributed by atoms with Gasteiger partial charge in [0.1, 0.15) is 0 Å². The predicted octanol–water partition coefficient (Wildman–Crippen LogP) is 2.60. The van der Waals surface area contributed by atoms with Crippen molar-refractivity contribution in [1.82, 2.24) is 10.6 Å². The van der Waals surface area contributed by atoms with Gasteiger partial charge in [0.25, 0.3) is 0 Å². The van der Waals surface area contributed by atoms with Gasteiger partial charge < -0.3 is 10.6 Å². The zero-order valence-electron chi connectivity index (χ0n) is 12.8. The maximum atomic E-state index is 12.0. The van der Waals surface area contributed by atoms with Crippen molar-refractivity contribution in [2.75, 3.05) is 13.1 Å². The van der Waals surface area contributed by atoms with E-state index in [1.165, 1.54) is 5.56 Å². The largest absolute Gasteiger partial charge is 0.352 e. The van der Waals surface area contributed by atoms with Crippen molar-refractivity contribution >= 4 is 5.91 Å². The lowest BCUT2D eigenvalue weighted by Gasteiger charge is -2.22. The summed E-state index contributed by atoms with van der Waals surface area (Å²) in [5.41, 5.74) is 2.66. The monoisotopic (exact) mass is 274 g/mol. The molecule has 1 aromatic rings. The number of amides is 1. The third-order valence-corrected chi connectivity index (χ3v) is 3.95. The van der Waals surface area contributed by atoms with Crippen LogP contribution in [0.3, 0.4) is 0 Å². The van der Waals surface area contributed by atoms with Crippen LogP contribution in [-0.4, -0.2) is 19.0 Å². The Morgan fingerprint density at radius 3 is 2.55 bits per heavy atom. The second-order valence-electron chi connectivity index (χ2n) is 6.71. The molecule has 20 heavy (non-hydrogen) atoms. The molecule has 1 amide bonds. The molecule has 1 aliphatic rings. The number of rotatable bonds is 3. The molecule has 110 valence electrons. The summed E-state index contributed by atoms with van der Waals surface area (Å²) < 4.78 is 0. The van der Waals surface area contributed by atoms with E-state index in [9.17, 15) is 4.79 Å². The van der Waals surface area contributed by atoms with E-state index in [4.69, 9.17) is 0 Å². The van der Waals surface area contributed by atoms with Gasteiger partial charge in [0.15, 0.2) is 0 Å². The first kappa shape index (κ1) is 15.0. The quantitative estimate of drug-likeness (QED) is 0.889. The molecule has 1 aromatic carbocycles. The number of hydrogen-bond acceptors (Lipinski definition) is 2. The van der Waals surface area contributed by atoms with E-state index in [-0.39, 0.29) is 17.2 Å². The van der Waals surface area contributed by atoms with Crippen molar-refractivity contribution in [2.45, 2.75) is 45.6 Å². The molecular formula is C17H26N2O. The summed E-state index contributed by atoms with van der Waals surface area (Å²) in [6.07, 6.45) is 2.10. The Morgan fingerprint density at radius 1 is 1.30 bits per heavy atom. The predicted molar refractivity (Wildman–Crippen MR) is 82.6 cm³/mol. The lowest BCUT2D eigenvalue weighted by atomic mass is 9.87. The Labute approximate surface area is 122 Å². The van der Waals surface area contributed by atoms with E-state index in [2.05, 4.69) is 55.7 Å². The number of piperidine rings is 1. The fourth-order valence-electron chi connectivity index (χ4n) is 2.53. The Kier molecular flexibility index (Phi) is 4.81. The molecule has 3 nitrogen and oxygen atoms in total. The third kappa shape index (κ3) is 4.07. The standard InChI is InChI=1S/C17H26N2O/c1-17(2,3)15-8-6-13(7-9-15)11-19-16(20)14-5-4-10-18-12-14/h6-9,14,18H,4-5,10-12H2,1-3H3,(H,19,20). The summed E-state index contributed by atoms with van der Waals surface area (Å²) >= 11 is 0. The van der Waals surface area contributed by atoms with Gasteiger partial charge in [0.2, 0.25) is 5.91 Å². The van der Waals surface area contributed by atoms with Gasteiger partial charge >= 0.3 is 0 Å². The molecule has 0 aromatic heterocycles. The highest BCUT2D eigenvalue weighted by atomic mass is 16.1. The van der Waals surface area contributed by atoms with Crippen LogP contribution in [-0.2, 0) is 16.8 Å². The SMILES string of the molecule is CC(C)(C)c1ccc(CNC(=O)C2CCCNC2)cc1. The molecule has 1 atom stereocenters. The van der Waals surface area contributed by atoms with Crippen molar-refractivity contribution in [3.05, 3.63) is 35.4 Å². The van der Waals surface area contributed by atoms with E-state index < -0.39 is 0 Å². The Morgan fingerprint density at radius 2 is 2.00 bits per heavy atom. The van der Waals surface area contributed by atoms with Crippen LogP contribution < -0.4 is 10.6 Å². The molecule has 0 aliphatic carbocycles. The Balaban J connectivity index is 1.86. The molecule has 0 radical (unpaired) electrons. The average molecular weight is 274 g/mol. The van der Waals surface area contributed by atoms with Crippen LogP contribution in [0.15, 0.2) is 24.3 Å². The second-order valence-corrected chi connectivity index (χ2v) is 6.71. The normalized spacial score (nSPS) is 19.6. The molecule has 1 heterocycles. The van der Waals surface area contributed by atoms with Crippen LogP contribution in [0.2, 0.25) is 0 Å². The maximum absolute atomic E-state index is 12.0. The molecule has 0 spiro atoms. The number of hydrogen-bond donors (Lipinski definition) is 2.